The maximum Gasteiger partial charge on any atom is 0.242 e. The zero-order chi connectivity index (χ0) is 21.9. The van der Waals surface area contributed by atoms with Crippen LogP contribution in [-0.4, -0.2) is 32.4 Å². The van der Waals surface area contributed by atoms with E-state index in [1.54, 1.807) is 31.2 Å². The van der Waals surface area contributed by atoms with Gasteiger partial charge in [0, 0.05) is 17.9 Å². The number of benzene rings is 2. The second-order valence-electron chi connectivity index (χ2n) is 9.25. The quantitative estimate of drug-likeness (QED) is 0.807. The molecule has 30 heavy (non-hydrogen) atoms. The Hall–Kier alpha value is -2.54. The minimum atomic E-state index is -3.92. The molecular weight excluding hydrogens is 402 g/mol. The van der Waals surface area contributed by atoms with Gasteiger partial charge in [0.2, 0.25) is 5.91 Å². The highest BCUT2D eigenvalue weighted by Crippen LogP contribution is 2.50. The number of fused-ring (bicyclic) bond motifs is 4. The van der Waals surface area contributed by atoms with Gasteiger partial charge in [0.1, 0.15) is 0 Å². The number of methoxy groups -OCH3 is 1. The smallest absolute Gasteiger partial charge is 0.242 e. The van der Waals surface area contributed by atoms with Gasteiger partial charge < -0.3 is 14.8 Å². The van der Waals surface area contributed by atoms with Crippen molar-refractivity contribution in [3.63, 3.8) is 0 Å². The summed E-state index contributed by atoms with van der Waals surface area (Å²) < 4.78 is 38.7. The average Bonchev–Trinajstić information content (AvgIpc) is 2.66. The van der Waals surface area contributed by atoms with E-state index in [0.717, 1.165) is 5.56 Å². The Bertz CT molecular complexity index is 1100. The first-order valence-corrected chi connectivity index (χ1v) is 11.5. The summed E-state index contributed by atoms with van der Waals surface area (Å²) in [6.45, 7) is 7.96. The summed E-state index contributed by atoms with van der Waals surface area (Å²) in [6.07, 6.45) is 0.364. The van der Waals surface area contributed by atoms with Crippen molar-refractivity contribution in [3.05, 3.63) is 53.6 Å². The highest BCUT2D eigenvalue weighted by atomic mass is 32.2. The van der Waals surface area contributed by atoms with Crippen molar-refractivity contribution in [1.29, 1.82) is 0 Å². The van der Waals surface area contributed by atoms with Crippen LogP contribution in [0.3, 0.4) is 0 Å². The Morgan fingerprint density at radius 1 is 1.13 bits per heavy atom. The first kappa shape index (κ1) is 20.7. The second kappa shape index (κ2) is 6.74. The molecule has 2 bridgehead atoms. The standard InChI is InChI=1S/C23H27NO5S/c1-22(2,3)14-9-11-15(12-10-14)30(26,27)20-17-13-23(4,24-21(20)25)29-19-16(17)7-6-8-18(19)28-5/h6-12,17,20H,13H2,1-5H3,(H,24,25). The van der Waals surface area contributed by atoms with E-state index < -0.39 is 32.6 Å². The molecule has 2 heterocycles. The van der Waals surface area contributed by atoms with Crippen LogP contribution in [0.15, 0.2) is 47.4 Å². The molecule has 1 N–H and O–H groups in total. The number of ether oxygens (including phenoxy) is 2. The highest BCUT2D eigenvalue weighted by Gasteiger charge is 2.54. The third-order valence-electron chi connectivity index (χ3n) is 5.96. The summed E-state index contributed by atoms with van der Waals surface area (Å²) in [6, 6.07) is 12.2. The van der Waals surface area contributed by atoms with Crippen LogP contribution in [0, 0.1) is 0 Å². The lowest BCUT2D eigenvalue weighted by Crippen LogP contribution is -2.63. The molecule has 3 unspecified atom stereocenters. The van der Waals surface area contributed by atoms with E-state index in [9.17, 15) is 13.2 Å². The maximum atomic E-state index is 13.6. The van der Waals surface area contributed by atoms with Gasteiger partial charge in [0.25, 0.3) is 0 Å². The molecular formula is C23H27NO5S. The van der Waals surface area contributed by atoms with Crippen LogP contribution in [-0.2, 0) is 20.0 Å². The maximum absolute atomic E-state index is 13.6. The van der Waals surface area contributed by atoms with Gasteiger partial charge in [-0.1, -0.05) is 45.0 Å². The fourth-order valence-electron chi connectivity index (χ4n) is 4.40. The third-order valence-corrected chi connectivity index (χ3v) is 8.10. The third kappa shape index (κ3) is 3.25. The predicted octanol–water partition coefficient (Wildman–Crippen LogP) is 3.55. The molecule has 4 rings (SSSR count). The first-order chi connectivity index (χ1) is 14.0. The molecule has 0 radical (unpaired) electrons. The zero-order valence-corrected chi connectivity index (χ0v) is 18.7. The molecule has 2 aliphatic rings. The van der Waals surface area contributed by atoms with E-state index in [4.69, 9.17) is 9.47 Å². The number of carbonyl (C=O) groups excluding carboxylic acids is 1. The van der Waals surface area contributed by atoms with Crippen molar-refractivity contribution in [3.8, 4) is 11.5 Å². The Morgan fingerprint density at radius 3 is 2.40 bits per heavy atom. The molecule has 0 spiro atoms. The number of rotatable bonds is 3. The normalized spacial score (nSPS) is 25.7. The zero-order valence-electron chi connectivity index (χ0n) is 17.9. The van der Waals surface area contributed by atoms with Crippen molar-refractivity contribution in [2.45, 2.75) is 61.3 Å². The van der Waals surface area contributed by atoms with E-state index in [0.29, 0.717) is 23.5 Å². The SMILES string of the molecule is COc1cccc2c1OC1(C)CC2C(S(=O)(=O)c2ccc(C(C)(C)C)cc2)C(=O)N1. The first-order valence-electron chi connectivity index (χ1n) is 9.99. The summed E-state index contributed by atoms with van der Waals surface area (Å²) in [7, 11) is -2.38. The molecule has 2 aromatic carbocycles. The Balaban J connectivity index is 1.81. The molecule has 6 nitrogen and oxygen atoms in total. The largest absolute Gasteiger partial charge is 0.493 e. The lowest BCUT2D eigenvalue weighted by molar-refractivity contribution is -0.132. The number of hydrogen-bond acceptors (Lipinski definition) is 5. The predicted molar refractivity (Wildman–Crippen MR) is 114 cm³/mol. The molecule has 2 aromatic rings. The van der Waals surface area contributed by atoms with Crippen LogP contribution >= 0.6 is 0 Å². The average molecular weight is 430 g/mol. The Labute approximate surface area is 177 Å². The lowest BCUT2D eigenvalue weighted by atomic mass is 9.81. The van der Waals surface area contributed by atoms with Crippen LogP contribution in [0.25, 0.3) is 0 Å². The van der Waals surface area contributed by atoms with E-state index in [1.807, 2.05) is 18.2 Å². The van der Waals surface area contributed by atoms with Gasteiger partial charge in [-0.2, -0.15) is 0 Å². The number of para-hydroxylation sites is 1. The van der Waals surface area contributed by atoms with Gasteiger partial charge >= 0.3 is 0 Å². The molecule has 7 heteroatoms. The van der Waals surface area contributed by atoms with E-state index in [-0.39, 0.29) is 10.3 Å². The van der Waals surface area contributed by atoms with Crippen molar-refractivity contribution in [2.75, 3.05) is 7.11 Å². The van der Waals surface area contributed by atoms with Crippen molar-refractivity contribution in [2.24, 2.45) is 0 Å². The number of sulfone groups is 1. The van der Waals surface area contributed by atoms with Gasteiger partial charge in [-0.15, -0.1) is 0 Å². The van der Waals surface area contributed by atoms with Crippen LogP contribution in [0.5, 0.6) is 11.5 Å². The van der Waals surface area contributed by atoms with Gasteiger partial charge in [0.15, 0.2) is 32.3 Å². The molecule has 0 aliphatic carbocycles. The topological polar surface area (TPSA) is 81.7 Å². The highest BCUT2D eigenvalue weighted by molar-refractivity contribution is 7.92. The van der Waals surface area contributed by atoms with Crippen LogP contribution in [0.1, 0.15) is 51.2 Å². The molecule has 3 atom stereocenters. The molecule has 2 aliphatic heterocycles. The van der Waals surface area contributed by atoms with Gasteiger partial charge in [-0.3, -0.25) is 4.79 Å². The fourth-order valence-corrected chi connectivity index (χ4v) is 6.23. The molecule has 160 valence electrons. The van der Waals surface area contributed by atoms with Crippen LogP contribution in [0.4, 0.5) is 0 Å². The minimum absolute atomic E-state index is 0.0947. The molecule has 0 aromatic heterocycles. The number of hydrogen-bond donors (Lipinski definition) is 1. The second-order valence-corrected chi connectivity index (χ2v) is 11.3. The fraction of sp³-hybridized carbons (Fsp3) is 0.435. The molecule has 0 saturated carbocycles. The lowest BCUT2D eigenvalue weighted by Gasteiger charge is -2.47. The van der Waals surface area contributed by atoms with Crippen molar-refractivity contribution in [1.82, 2.24) is 5.32 Å². The molecule has 1 fully saturated rings. The monoisotopic (exact) mass is 429 g/mol. The summed E-state index contributed by atoms with van der Waals surface area (Å²) in [5.74, 6) is -0.0655. The molecule has 1 saturated heterocycles. The number of carbonyl (C=O) groups is 1. The van der Waals surface area contributed by atoms with Gasteiger partial charge in [-0.25, -0.2) is 8.42 Å². The van der Waals surface area contributed by atoms with Crippen molar-refractivity contribution >= 4 is 15.7 Å². The Morgan fingerprint density at radius 2 is 1.80 bits per heavy atom. The summed E-state index contributed by atoms with van der Waals surface area (Å²) in [5, 5.41) is 1.55. The molecule has 1 amide bonds. The van der Waals surface area contributed by atoms with Crippen LogP contribution in [0.2, 0.25) is 0 Å². The number of nitrogens with one attached hydrogen (secondary N) is 1. The Kier molecular flexibility index (Phi) is 4.65. The van der Waals surface area contributed by atoms with Crippen molar-refractivity contribution < 1.29 is 22.7 Å². The number of amides is 1. The van der Waals surface area contributed by atoms with E-state index in [2.05, 4.69) is 26.1 Å². The van der Waals surface area contributed by atoms with Gasteiger partial charge in [-0.05, 0) is 36.1 Å². The summed E-state index contributed by atoms with van der Waals surface area (Å²) in [5.41, 5.74) is 0.637. The number of piperidine rings is 1. The van der Waals surface area contributed by atoms with Crippen LogP contribution < -0.4 is 14.8 Å². The van der Waals surface area contributed by atoms with E-state index >= 15 is 0 Å². The van der Waals surface area contributed by atoms with Gasteiger partial charge in [0.05, 0.1) is 12.0 Å². The van der Waals surface area contributed by atoms with E-state index in [1.165, 1.54) is 7.11 Å². The summed E-state index contributed by atoms with van der Waals surface area (Å²) in [4.78, 5) is 13.2. The minimum Gasteiger partial charge on any atom is -0.493 e. The summed E-state index contributed by atoms with van der Waals surface area (Å²) >= 11 is 0.